The molecule has 2 N–H and O–H groups in total. The van der Waals surface area contributed by atoms with E-state index in [1.54, 1.807) is 34.6 Å². The van der Waals surface area contributed by atoms with Crippen molar-refractivity contribution in [2.75, 3.05) is 7.11 Å². The molecule has 0 spiro atoms. The highest BCUT2D eigenvalue weighted by molar-refractivity contribution is 5.93. The maximum Gasteiger partial charge on any atom is 0.408 e. The third-order valence-electron chi connectivity index (χ3n) is 3.31. The lowest BCUT2D eigenvalue weighted by Crippen LogP contribution is -2.55. The van der Waals surface area contributed by atoms with Crippen LogP contribution < -0.4 is 10.6 Å². The van der Waals surface area contributed by atoms with Crippen molar-refractivity contribution < 1.29 is 23.9 Å². The second-order valence-corrected chi connectivity index (χ2v) is 6.93. The summed E-state index contributed by atoms with van der Waals surface area (Å²) < 4.78 is 9.86. The number of carbonyl (C=O) groups is 3. The Bertz CT molecular complexity index is 449. The maximum absolute atomic E-state index is 12.4. The fourth-order valence-electron chi connectivity index (χ4n) is 1.98. The zero-order valence-electron chi connectivity index (χ0n) is 14.1. The number of rotatable bonds is 5. The molecule has 0 aromatic heterocycles. The number of esters is 1. The molecule has 1 atom stereocenters. The molecule has 1 fully saturated rings. The van der Waals surface area contributed by atoms with Gasteiger partial charge in [0.15, 0.2) is 0 Å². The Hall–Kier alpha value is -1.79. The second kappa shape index (κ2) is 6.54. The highest BCUT2D eigenvalue weighted by Crippen LogP contribution is 2.36. The van der Waals surface area contributed by atoms with E-state index in [9.17, 15) is 14.4 Å². The molecule has 0 heterocycles. The van der Waals surface area contributed by atoms with E-state index in [1.807, 2.05) is 0 Å². The third kappa shape index (κ3) is 4.89. The second-order valence-electron chi connectivity index (χ2n) is 6.93. The largest absolute Gasteiger partial charge is 0.467 e. The van der Waals surface area contributed by atoms with Crippen molar-refractivity contribution in [2.45, 2.75) is 64.6 Å². The number of ether oxygens (including phenoxy) is 2. The SMILES string of the molecule is COC(=O)C1(NC(=O)C(NC(=O)OC(C)(C)C)C(C)C)CC1. The Balaban J connectivity index is 2.69. The number of hydrogen-bond acceptors (Lipinski definition) is 5. The first-order valence-corrected chi connectivity index (χ1v) is 7.41. The molecule has 22 heavy (non-hydrogen) atoms. The van der Waals surface area contributed by atoms with E-state index in [2.05, 4.69) is 10.6 Å². The van der Waals surface area contributed by atoms with Crippen LogP contribution in [0.25, 0.3) is 0 Å². The molecular formula is C15H26N2O5. The van der Waals surface area contributed by atoms with E-state index in [0.717, 1.165) is 0 Å². The lowest BCUT2D eigenvalue weighted by molar-refractivity contribution is -0.146. The minimum atomic E-state index is -0.936. The Kier molecular flexibility index (Phi) is 5.43. The first-order chi connectivity index (χ1) is 10.0. The molecule has 7 heteroatoms. The normalized spacial score (nSPS) is 17.4. The molecule has 1 rings (SSSR count). The lowest BCUT2D eigenvalue weighted by Gasteiger charge is -2.26. The van der Waals surface area contributed by atoms with Gasteiger partial charge < -0.3 is 20.1 Å². The van der Waals surface area contributed by atoms with Gasteiger partial charge in [0.2, 0.25) is 5.91 Å². The number of carbonyl (C=O) groups excluding carboxylic acids is 3. The average molecular weight is 314 g/mol. The van der Waals surface area contributed by atoms with Crippen LogP contribution in [0.3, 0.4) is 0 Å². The van der Waals surface area contributed by atoms with Crippen LogP contribution in [0.5, 0.6) is 0 Å². The predicted molar refractivity (Wildman–Crippen MR) is 80.1 cm³/mol. The highest BCUT2D eigenvalue weighted by Gasteiger charge is 2.53. The zero-order valence-corrected chi connectivity index (χ0v) is 14.1. The molecule has 1 aliphatic carbocycles. The van der Waals surface area contributed by atoms with E-state index < -0.39 is 35.2 Å². The van der Waals surface area contributed by atoms with Crippen molar-refractivity contribution in [2.24, 2.45) is 5.92 Å². The Labute approximate surface area is 131 Å². The first kappa shape index (κ1) is 18.3. The number of amides is 2. The summed E-state index contributed by atoms with van der Waals surface area (Å²) in [7, 11) is 1.29. The van der Waals surface area contributed by atoms with Gasteiger partial charge >= 0.3 is 12.1 Å². The fourth-order valence-corrected chi connectivity index (χ4v) is 1.98. The van der Waals surface area contributed by atoms with Crippen LogP contribution >= 0.6 is 0 Å². The van der Waals surface area contributed by atoms with E-state index in [-0.39, 0.29) is 5.92 Å². The van der Waals surface area contributed by atoms with E-state index in [1.165, 1.54) is 7.11 Å². The molecular weight excluding hydrogens is 288 g/mol. The van der Waals surface area contributed by atoms with Gasteiger partial charge in [0.25, 0.3) is 0 Å². The van der Waals surface area contributed by atoms with Gasteiger partial charge in [-0.3, -0.25) is 4.79 Å². The summed E-state index contributed by atoms with van der Waals surface area (Å²) in [6.45, 7) is 8.84. The van der Waals surface area contributed by atoms with E-state index >= 15 is 0 Å². The fraction of sp³-hybridized carbons (Fsp3) is 0.800. The summed E-state index contributed by atoms with van der Waals surface area (Å²) in [5, 5.41) is 5.24. The van der Waals surface area contributed by atoms with E-state index in [4.69, 9.17) is 9.47 Å². The summed E-state index contributed by atoms with van der Waals surface area (Å²) >= 11 is 0. The van der Waals surface area contributed by atoms with Crippen molar-refractivity contribution in [3.63, 3.8) is 0 Å². The van der Waals surface area contributed by atoms with Gasteiger partial charge in [-0.1, -0.05) is 13.8 Å². The van der Waals surface area contributed by atoms with Crippen LogP contribution in [0, 0.1) is 5.92 Å². The third-order valence-corrected chi connectivity index (χ3v) is 3.31. The van der Waals surface area contributed by atoms with Crippen LogP contribution in [-0.2, 0) is 19.1 Å². The van der Waals surface area contributed by atoms with Gasteiger partial charge in [-0.05, 0) is 39.5 Å². The topological polar surface area (TPSA) is 93.7 Å². The van der Waals surface area contributed by atoms with Crippen LogP contribution in [-0.4, -0.2) is 42.3 Å². The Morgan fingerprint density at radius 2 is 1.68 bits per heavy atom. The monoisotopic (exact) mass is 314 g/mol. The number of nitrogens with one attached hydrogen (secondary N) is 2. The Morgan fingerprint density at radius 1 is 1.14 bits per heavy atom. The molecule has 126 valence electrons. The lowest BCUT2D eigenvalue weighted by atomic mass is 10.0. The van der Waals surface area contributed by atoms with Gasteiger partial charge in [-0.15, -0.1) is 0 Å². The van der Waals surface area contributed by atoms with Crippen molar-refractivity contribution in [3.8, 4) is 0 Å². The molecule has 0 bridgehead atoms. The van der Waals surface area contributed by atoms with Gasteiger partial charge in [0, 0.05) is 0 Å². The van der Waals surface area contributed by atoms with Crippen molar-refractivity contribution in [1.29, 1.82) is 0 Å². The molecule has 1 aliphatic rings. The molecule has 1 unspecified atom stereocenters. The summed E-state index contributed by atoms with van der Waals surface area (Å²) in [6.07, 6.45) is 0.426. The maximum atomic E-state index is 12.4. The predicted octanol–water partition coefficient (Wildman–Crippen LogP) is 1.36. The van der Waals surface area contributed by atoms with Gasteiger partial charge in [0.1, 0.15) is 17.2 Å². The number of methoxy groups -OCH3 is 1. The standard InChI is InChI=1S/C15H26N2O5/c1-9(2)10(16-13(20)22-14(3,4)5)11(18)17-15(7-8-15)12(19)21-6/h9-10H,7-8H2,1-6H3,(H,16,20)(H,17,18). The molecule has 0 radical (unpaired) electrons. The van der Waals surface area contributed by atoms with Crippen molar-refractivity contribution in [3.05, 3.63) is 0 Å². The van der Waals surface area contributed by atoms with Crippen molar-refractivity contribution >= 4 is 18.0 Å². The quantitative estimate of drug-likeness (QED) is 0.747. The van der Waals surface area contributed by atoms with Gasteiger partial charge in [0.05, 0.1) is 7.11 Å². The minimum absolute atomic E-state index is 0.152. The van der Waals surface area contributed by atoms with Gasteiger partial charge in [-0.2, -0.15) is 0 Å². The highest BCUT2D eigenvalue weighted by atomic mass is 16.6. The summed E-state index contributed by atoms with van der Waals surface area (Å²) in [4.78, 5) is 35.9. The van der Waals surface area contributed by atoms with Crippen LogP contribution in [0.15, 0.2) is 0 Å². The summed E-state index contributed by atoms with van der Waals surface area (Å²) in [5.74, 6) is -1.02. The molecule has 7 nitrogen and oxygen atoms in total. The molecule has 2 amide bonds. The minimum Gasteiger partial charge on any atom is -0.467 e. The van der Waals surface area contributed by atoms with Crippen LogP contribution in [0.4, 0.5) is 4.79 Å². The van der Waals surface area contributed by atoms with E-state index in [0.29, 0.717) is 12.8 Å². The molecule has 0 aliphatic heterocycles. The molecule has 0 aromatic rings. The van der Waals surface area contributed by atoms with Crippen molar-refractivity contribution in [1.82, 2.24) is 10.6 Å². The average Bonchev–Trinajstić information content (AvgIpc) is 3.13. The summed E-state index contributed by atoms with van der Waals surface area (Å²) in [5.41, 5.74) is -1.58. The molecule has 0 aromatic carbocycles. The molecule has 1 saturated carbocycles. The number of alkyl carbamates (subject to hydrolysis) is 1. The molecule has 0 saturated heterocycles. The zero-order chi connectivity index (χ0) is 17.1. The van der Waals surface area contributed by atoms with Gasteiger partial charge in [-0.25, -0.2) is 9.59 Å². The Morgan fingerprint density at radius 3 is 2.05 bits per heavy atom. The first-order valence-electron chi connectivity index (χ1n) is 7.41. The number of hydrogen-bond donors (Lipinski definition) is 2. The van der Waals surface area contributed by atoms with Crippen LogP contribution in [0.2, 0.25) is 0 Å². The summed E-state index contributed by atoms with van der Waals surface area (Å²) in [6, 6.07) is -0.781. The smallest absolute Gasteiger partial charge is 0.408 e. The van der Waals surface area contributed by atoms with Crippen LogP contribution in [0.1, 0.15) is 47.5 Å².